The number of thiophene rings is 1. The van der Waals surface area contributed by atoms with Gasteiger partial charge in [-0.3, -0.25) is 0 Å². The number of hydrogen-bond acceptors (Lipinski definition) is 4. The summed E-state index contributed by atoms with van der Waals surface area (Å²) in [5.41, 5.74) is 5.68. The zero-order valence-corrected chi connectivity index (χ0v) is 10.3. The zero-order chi connectivity index (χ0) is 11.1. The fourth-order valence-corrected chi connectivity index (χ4v) is 4.68. The second-order valence-corrected chi connectivity index (χ2v) is 7.35. The lowest BCUT2D eigenvalue weighted by Crippen LogP contribution is -2.31. The summed E-state index contributed by atoms with van der Waals surface area (Å²) in [6.45, 7) is 0.900. The van der Waals surface area contributed by atoms with Crippen molar-refractivity contribution < 1.29 is 8.42 Å². The molecule has 1 atom stereocenters. The normalized spacial score (nSPS) is 23.5. The molecule has 0 spiro atoms. The van der Waals surface area contributed by atoms with E-state index in [9.17, 15) is 8.42 Å². The molecule has 15 heavy (non-hydrogen) atoms. The van der Waals surface area contributed by atoms with Crippen LogP contribution in [0.25, 0.3) is 0 Å². The van der Waals surface area contributed by atoms with E-state index in [2.05, 4.69) is 0 Å². The van der Waals surface area contributed by atoms with E-state index in [0.717, 1.165) is 17.8 Å². The Morgan fingerprint density at radius 1 is 1.53 bits per heavy atom. The van der Waals surface area contributed by atoms with Gasteiger partial charge in [-0.25, -0.2) is 8.42 Å². The summed E-state index contributed by atoms with van der Waals surface area (Å²) in [5, 5.41) is 0. The highest BCUT2D eigenvalue weighted by Crippen LogP contribution is 2.29. The molecule has 1 aromatic heterocycles. The molecule has 2 rings (SSSR count). The van der Waals surface area contributed by atoms with Crippen LogP contribution in [0.5, 0.6) is 0 Å². The monoisotopic (exact) mass is 266 g/mol. The van der Waals surface area contributed by atoms with Crippen LogP contribution in [0.1, 0.15) is 6.42 Å². The maximum Gasteiger partial charge on any atom is 0.252 e. The number of halogens is 1. The predicted octanol–water partition coefficient (Wildman–Crippen LogP) is 1.12. The van der Waals surface area contributed by atoms with E-state index in [1.165, 1.54) is 10.4 Å². The van der Waals surface area contributed by atoms with Crippen LogP contribution < -0.4 is 5.73 Å². The minimum Gasteiger partial charge on any atom is -0.326 e. The molecule has 84 valence electrons. The highest BCUT2D eigenvalue weighted by atomic mass is 35.5. The molecule has 0 amide bonds. The van der Waals surface area contributed by atoms with Crippen molar-refractivity contribution in [3.63, 3.8) is 0 Å². The Labute approximate surface area is 97.7 Å². The first-order valence-electron chi connectivity index (χ1n) is 4.51. The van der Waals surface area contributed by atoms with Gasteiger partial charge in [0.2, 0.25) is 0 Å². The summed E-state index contributed by atoms with van der Waals surface area (Å²) in [6.07, 6.45) is 0.721. The fourth-order valence-electron chi connectivity index (χ4n) is 1.54. The van der Waals surface area contributed by atoms with E-state index < -0.39 is 10.0 Å². The lowest BCUT2D eigenvalue weighted by atomic mass is 10.3. The van der Waals surface area contributed by atoms with Gasteiger partial charge >= 0.3 is 0 Å². The molecule has 0 radical (unpaired) electrons. The zero-order valence-electron chi connectivity index (χ0n) is 7.89. The van der Waals surface area contributed by atoms with Crippen molar-refractivity contribution in [2.24, 2.45) is 5.73 Å². The SMILES string of the molecule is N[C@H]1CCN(S(=O)(=O)c2ccc(Cl)s2)C1. The number of rotatable bonds is 2. The fraction of sp³-hybridized carbons (Fsp3) is 0.500. The first kappa shape index (κ1) is 11.3. The average Bonchev–Trinajstić information content (AvgIpc) is 2.74. The van der Waals surface area contributed by atoms with Crippen LogP contribution in [-0.2, 0) is 10.0 Å². The standard InChI is InChI=1S/C8H11ClN2O2S2/c9-7-1-2-8(14-7)15(12,13)11-4-3-6(10)5-11/h1-2,6H,3-5,10H2/t6-/m0/s1. The number of hydrogen-bond donors (Lipinski definition) is 1. The minimum atomic E-state index is -3.36. The van der Waals surface area contributed by atoms with Gasteiger partial charge < -0.3 is 5.73 Å². The summed E-state index contributed by atoms with van der Waals surface area (Å²) in [5.74, 6) is 0. The van der Waals surface area contributed by atoms with E-state index in [0.29, 0.717) is 21.6 Å². The van der Waals surface area contributed by atoms with Crippen molar-refractivity contribution in [3.05, 3.63) is 16.5 Å². The van der Waals surface area contributed by atoms with Gasteiger partial charge in [0.25, 0.3) is 10.0 Å². The highest BCUT2D eigenvalue weighted by Gasteiger charge is 2.31. The third kappa shape index (κ3) is 2.19. The van der Waals surface area contributed by atoms with Crippen LogP contribution in [0.15, 0.2) is 16.3 Å². The second-order valence-electron chi connectivity index (χ2n) is 3.47. The summed E-state index contributed by atoms with van der Waals surface area (Å²) in [4.78, 5) is 0. The second kappa shape index (κ2) is 4.03. The summed E-state index contributed by atoms with van der Waals surface area (Å²) in [7, 11) is -3.36. The number of nitrogens with zero attached hydrogens (tertiary/aromatic N) is 1. The van der Waals surface area contributed by atoms with Crippen LogP contribution in [-0.4, -0.2) is 31.9 Å². The smallest absolute Gasteiger partial charge is 0.252 e. The molecule has 7 heteroatoms. The van der Waals surface area contributed by atoms with Crippen molar-refractivity contribution in [1.29, 1.82) is 0 Å². The molecule has 1 saturated heterocycles. The quantitative estimate of drug-likeness (QED) is 0.873. The summed E-state index contributed by atoms with van der Waals surface area (Å²) >= 11 is 6.79. The van der Waals surface area contributed by atoms with Crippen LogP contribution in [0.4, 0.5) is 0 Å². The Balaban J connectivity index is 2.27. The number of nitrogens with two attached hydrogens (primary N) is 1. The third-order valence-corrected chi connectivity index (χ3v) is 5.89. The lowest BCUT2D eigenvalue weighted by Gasteiger charge is -2.13. The molecule has 0 aromatic carbocycles. The van der Waals surface area contributed by atoms with Gasteiger partial charge in [0.15, 0.2) is 0 Å². The first-order chi connectivity index (χ1) is 7.00. The van der Waals surface area contributed by atoms with E-state index in [-0.39, 0.29) is 6.04 Å². The van der Waals surface area contributed by atoms with E-state index in [4.69, 9.17) is 17.3 Å². The maximum absolute atomic E-state index is 12.0. The molecule has 2 heterocycles. The van der Waals surface area contributed by atoms with Crippen molar-refractivity contribution >= 4 is 33.0 Å². The molecule has 0 saturated carbocycles. The molecular formula is C8H11ClN2O2S2. The van der Waals surface area contributed by atoms with Gasteiger partial charge in [-0.05, 0) is 18.6 Å². The van der Waals surface area contributed by atoms with Gasteiger partial charge in [0.1, 0.15) is 4.21 Å². The Bertz CT molecular complexity index is 457. The Hall–Kier alpha value is -0.140. The largest absolute Gasteiger partial charge is 0.326 e. The van der Waals surface area contributed by atoms with Gasteiger partial charge in [-0.1, -0.05) is 11.6 Å². The van der Waals surface area contributed by atoms with Crippen molar-refractivity contribution in [1.82, 2.24) is 4.31 Å². The molecule has 4 nitrogen and oxygen atoms in total. The highest BCUT2D eigenvalue weighted by molar-refractivity contribution is 7.91. The molecule has 0 unspecified atom stereocenters. The molecule has 1 aromatic rings. The van der Waals surface area contributed by atoms with Gasteiger partial charge in [0.05, 0.1) is 4.34 Å². The minimum absolute atomic E-state index is 0.0461. The summed E-state index contributed by atoms with van der Waals surface area (Å²) < 4.78 is 26.2. The Morgan fingerprint density at radius 3 is 2.73 bits per heavy atom. The molecule has 2 N–H and O–H groups in total. The lowest BCUT2D eigenvalue weighted by molar-refractivity contribution is 0.474. The maximum atomic E-state index is 12.0. The van der Waals surface area contributed by atoms with Crippen LogP contribution >= 0.6 is 22.9 Å². The van der Waals surface area contributed by atoms with Gasteiger partial charge in [-0.2, -0.15) is 4.31 Å². The topological polar surface area (TPSA) is 63.4 Å². The molecule has 1 aliphatic heterocycles. The Morgan fingerprint density at radius 2 is 2.27 bits per heavy atom. The van der Waals surface area contributed by atoms with Gasteiger partial charge in [-0.15, -0.1) is 11.3 Å². The van der Waals surface area contributed by atoms with Gasteiger partial charge in [0, 0.05) is 19.1 Å². The van der Waals surface area contributed by atoms with E-state index in [1.54, 1.807) is 6.07 Å². The van der Waals surface area contributed by atoms with Crippen molar-refractivity contribution in [3.8, 4) is 0 Å². The molecule has 0 bridgehead atoms. The average molecular weight is 267 g/mol. The van der Waals surface area contributed by atoms with E-state index in [1.807, 2.05) is 0 Å². The van der Waals surface area contributed by atoms with Crippen molar-refractivity contribution in [2.75, 3.05) is 13.1 Å². The first-order valence-corrected chi connectivity index (χ1v) is 7.14. The molecule has 0 aliphatic carbocycles. The summed E-state index contributed by atoms with van der Waals surface area (Å²) in [6, 6.07) is 3.08. The van der Waals surface area contributed by atoms with Crippen LogP contribution in [0, 0.1) is 0 Å². The number of sulfonamides is 1. The molecule has 1 fully saturated rings. The Kier molecular flexibility index (Phi) is 3.05. The molecule has 1 aliphatic rings. The predicted molar refractivity (Wildman–Crippen MR) is 60.7 cm³/mol. The van der Waals surface area contributed by atoms with Crippen LogP contribution in [0.3, 0.4) is 0 Å². The molecular weight excluding hydrogens is 256 g/mol. The van der Waals surface area contributed by atoms with E-state index >= 15 is 0 Å². The van der Waals surface area contributed by atoms with Crippen LogP contribution in [0.2, 0.25) is 4.34 Å². The third-order valence-electron chi connectivity index (χ3n) is 2.33. The van der Waals surface area contributed by atoms with Crippen molar-refractivity contribution in [2.45, 2.75) is 16.7 Å².